The smallest absolute Gasteiger partial charge is 0.337 e. The fourth-order valence-corrected chi connectivity index (χ4v) is 3.61. The highest BCUT2D eigenvalue weighted by molar-refractivity contribution is 6.04. The van der Waals surface area contributed by atoms with Crippen molar-refractivity contribution in [2.24, 2.45) is 0 Å². The number of rotatable bonds is 4. The molecule has 1 aromatic heterocycles. The van der Waals surface area contributed by atoms with Crippen LogP contribution in [0.1, 0.15) is 33.6 Å². The van der Waals surface area contributed by atoms with Crippen LogP contribution >= 0.6 is 0 Å². The minimum atomic E-state index is -0.455. The normalized spacial score (nSPS) is 17.9. The molecule has 0 unspecified atom stereocenters. The van der Waals surface area contributed by atoms with Crippen LogP contribution in [0.3, 0.4) is 0 Å². The number of nitrogens with one attached hydrogen (secondary N) is 1. The molecular weight excluding hydrogens is 374 g/mol. The van der Waals surface area contributed by atoms with Gasteiger partial charge in [0.1, 0.15) is 5.82 Å². The van der Waals surface area contributed by atoms with E-state index in [0.29, 0.717) is 30.0 Å². The summed E-state index contributed by atoms with van der Waals surface area (Å²) in [4.78, 5) is 30.7. The van der Waals surface area contributed by atoms with Gasteiger partial charge in [0.05, 0.1) is 31.5 Å². The first kappa shape index (κ1) is 19.4. The second-order valence-electron chi connectivity index (χ2n) is 7.03. The second kappa shape index (κ2) is 8.18. The summed E-state index contributed by atoms with van der Waals surface area (Å²) in [5.41, 5.74) is 1.32. The lowest BCUT2D eigenvalue weighted by molar-refractivity contribution is -0.169. The Bertz CT molecular complexity index is 883. The van der Waals surface area contributed by atoms with Crippen molar-refractivity contribution in [2.75, 3.05) is 43.6 Å². The van der Waals surface area contributed by atoms with Crippen LogP contribution in [0.2, 0.25) is 0 Å². The minimum absolute atomic E-state index is 0.295. The molecule has 1 aromatic carbocycles. The van der Waals surface area contributed by atoms with Crippen LogP contribution in [-0.4, -0.2) is 56.1 Å². The summed E-state index contributed by atoms with van der Waals surface area (Å²) in [6.07, 6.45) is 3.16. The molecule has 0 bridgehead atoms. The van der Waals surface area contributed by atoms with E-state index in [-0.39, 0.29) is 5.91 Å². The van der Waals surface area contributed by atoms with Crippen LogP contribution in [0.25, 0.3) is 0 Å². The molecule has 2 saturated heterocycles. The molecule has 8 heteroatoms. The maximum absolute atomic E-state index is 12.5. The highest BCUT2D eigenvalue weighted by Gasteiger charge is 2.40. The number of benzene rings is 1. The van der Waals surface area contributed by atoms with E-state index in [1.807, 2.05) is 6.07 Å². The van der Waals surface area contributed by atoms with Gasteiger partial charge in [0, 0.05) is 37.8 Å². The van der Waals surface area contributed by atoms with Gasteiger partial charge in [-0.25, -0.2) is 9.78 Å². The van der Waals surface area contributed by atoms with Crippen molar-refractivity contribution in [3.63, 3.8) is 0 Å². The maximum Gasteiger partial charge on any atom is 0.337 e. The summed E-state index contributed by atoms with van der Waals surface area (Å²) >= 11 is 0. The number of piperidine rings is 1. The first-order valence-corrected chi connectivity index (χ1v) is 9.57. The molecule has 1 N–H and O–H groups in total. The van der Waals surface area contributed by atoms with Crippen molar-refractivity contribution in [1.82, 2.24) is 4.98 Å². The fourth-order valence-electron chi connectivity index (χ4n) is 3.61. The quantitative estimate of drug-likeness (QED) is 0.793. The van der Waals surface area contributed by atoms with Gasteiger partial charge in [-0.15, -0.1) is 0 Å². The number of methoxy groups -OCH3 is 1. The van der Waals surface area contributed by atoms with E-state index >= 15 is 0 Å². The third kappa shape index (κ3) is 4.23. The van der Waals surface area contributed by atoms with Gasteiger partial charge in [0.25, 0.3) is 5.91 Å². The number of carbonyl (C=O) groups excluding carboxylic acids is 2. The van der Waals surface area contributed by atoms with Crippen molar-refractivity contribution >= 4 is 23.4 Å². The van der Waals surface area contributed by atoms with Gasteiger partial charge in [-0.05, 0) is 30.3 Å². The largest absolute Gasteiger partial charge is 0.465 e. The van der Waals surface area contributed by atoms with E-state index in [1.165, 1.54) is 7.11 Å². The van der Waals surface area contributed by atoms with Gasteiger partial charge < -0.3 is 24.4 Å². The molecular formula is C21H23N3O5. The van der Waals surface area contributed by atoms with Crippen molar-refractivity contribution < 1.29 is 23.8 Å². The topological polar surface area (TPSA) is 90.0 Å². The van der Waals surface area contributed by atoms with Gasteiger partial charge in [-0.1, -0.05) is 6.07 Å². The highest BCUT2D eigenvalue weighted by atomic mass is 16.7. The average molecular weight is 397 g/mol. The van der Waals surface area contributed by atoms with E-state index in [4.69, 9.17) is 14.2 Å². The summed E-state index contributed by atoms with van der Waals surface area (Å²) in [5, 5.41) is 2.78. The van der Waals surface area contributed by atoms with Crippen molar-refractivity contribution in [3.05, 3.63) is 53.7 Å². The van der Waals surface area contributed by atoms with Crippen molar-refractivity contribution in [2.45, 2.75) is 18.6 Å². The predicted molar refractivity (Wildman–Crippen MR) is 106 cm³/mol. The molecule has 2 aromatic rings. The molecule has 1 spiro atoms. The number of amides is 1. The Labute approximate surface area is 168 Å². The zero-order valence-electron chi connectivity index (χ0n) is 16.2. The molecule has 2 fully saturated rings. The first-order valence-electron chi connectivity index (χ1n) is 9.57. The van der Waals surface area contributed by atoms with E-state index in [1.54, 1.807) is 36.5 Å². The number of pyridine rings is 1. The third-order valence-electron chi connectivity index (χ3n) is 5.21. The minimum Gasteiger partial charge on any atom is -0.465 e. The molecule has 2 aliphatic heterocycles. The van der Waals surface area contributed by atoms with E-state index in [9.17, 15) is 9.59 Å². The Morgan fingerprint density at radius 2 is 1.86 bits per heavy atom. The standard InChI is InChI=1S/C21H23N3O5/c1-27-20(26)15-3-2-4-17(13-15)23-19(25)16-5-6-18(22-14-16)24-9-7-21(8-10-24)28-11-12-29-21/h2-6,13-14H,7-12H2,1H3,(H,23,25). The number of esters is 1. The van der Waals surface area contributed by atoms with Crippen LogP contribution in [0, 0.1) is 0 Å². The number of carbonyl (C=O) groups is 2. The summed E-state index contributed by atoms with van der Waals surface area (Å²) in [6.45, 7) is 2.90. The molecule has 0 saturated carbocycles. The summed E-state index contributed by atoms with van der Waals surface area (Å²) < 4.78 is 16.2. The van der Waals surface area contributed by atoms with Crippen LogP contribution < -0.4 is 10.2 Å². The van der Waals surface area contributed by atoms with Gasteiger partial charge >= 0.3 is 5.97 Å². The van der Waals surface area contributed by atoms with Crippen LogP contribution in [-0.2, 0) is 14.2 Å². The van der Waals surface area contributed by atoms with Crippen molar-refractivity contribution in [3.8, 4) is 0 Å². The number of hydrogen-bond acceptors (Lipinski definition) is 7. The lowest BCUT2D eigenvalue weighted by Crippen LogP contribution is -2.45. The first-order chi connectivity index (χ1) is 14.1. The zero-order chi connectivity index (χ0) is 20.3. The van der Waals surface area contributed by atoms with E-state index in [0.717, 1.165) is 31.7 Å². The van der Waals surface area contributed by atoms with Gasteiger partial charge in [-0.3, -0.25) is 4.79 Å². The molecule has 8 nitrogen and oxygen atoms in total. The number of hydrogen-bond donors (Lipinski definition) is 1. The Morgan fingerprint density at radius 1 is 1.10 bits per heavy atom. The molecule has 0 aliphatic carbocycles. The average Bonchev–Trinajstić information content (AvgIpc) is 3.22. The second-order valence-corrected chi connectivity index (χ2v) is 7.03. The summed E-state index contributed by atoms with van der Waals surface area (Å²) in [6, 6.07) is 10.2. The molecule has 3 heterocycles. The molecule has 1 amide bonds. The van der Waals surface area contributed by atoms with Crippen LogP contribution in [0.5, 0.6) is 0 Å². The third-order valence-corrected chi connectivity index (χ3v) is 5.21. The molecule has 0 radical (unpaired) electrons. The Kier molecular flexibility index (Phi) is 5.46. The fraction of sp³-hybridized carbons (Fsp3) is 0.381. The molecule has 4 rings (SSSR count). The molecule has 152 valence electrons. The SMILES string of the molecule is COC(=O)c1cccc(NC(=O)c2ccc(N3CCC4(CC3)OCCO4)nc2)c1. The van der Waals surface area contributed by atoms with Gasteiger partial charge in [0.15, 0.2) is 5.79 Å². The number of nitrogens with zero attached hydrogens (tertiary/aromatic N) is 2. The molecule has 0 atom stereocenters. The van der Waals surface area contributed by atoms with Crippen LogP contribution in [0.4, 0.5) is 11.5 Å². The molecule has 29 heavy (non-hydrogen) atoms. The van der Waals surface area contributed by atoms with Crippen molar-refractivity contribution in [1.29, 1.82) is 0 Å². The molecule has 2 aliphatic rings. The number of ether oxygens (including phenoxy) is 3. The highest BCUT2D eigenvalue weighted by Crippen LogP contribution is 2.32. The summed E-state index contributed by atoms with van der Waals surface area (Å²) in [7, 11) is 1.32. The number of aromatic nitrogens is 1. The number of anilines is 2. The van der Waals surface area contributed by atoms with Gasteiger partial charge in [-0.2, -0.15) is 0 Å². The van der Waals surface area contributed by atoms with Crippen LogP contribution in [0.15, 0.2) is 42.6 Å². The summed E-state index contributed by atoms with van der Waals surface area (Å²) in [5.74, 6) is -0.350. The lowest BCUT2D eigenvalue weighted by atomic mass is 10.0. The van der Waals surface area contributed by atoms with Gasteiger partial charge in [0.2, 0.25) is 0 Å². The maximum atomic E-state index is 12.5. The Balaban J connectivity index is 1.38. The van der Waals surface area contributed by atoms with E-state index in [2.05, 4.69) is 15.2 Å². The Hall–Kier alpha value is -2.97. The van der Waals surface area contributed by atoms with E-state index < -0.39 is 11.8 Å². The zero-order valence-corrected chi connectivity index (χ0v) is 16.2. The predicted octanol–water partition coefficient (Wildman–Crippen LogP) is 2.46. The Morgan fingerprint density at radius 3 is 2.52 bits per heavy atom. The monoisotopic (exact) mass is 397 g/mol. The lowest BCUT2D eigenvalue weighted by Gasteiger charge is -2.38.